The molecule has 0 aliphatic carbocycles. The molecule has 0 amide bonds. The Kier molecular flexibility index (Phi) is 3.89. The SMILES string of the molecule is Cc1ccnc(NS(=O)(=O)c2ccc3nc(-c4ccccc4)[nH]c3c2)n1. The summed E-state index contributed by atoms with van der Waals surface area (Å²) in [7, 11) is -3.80. The van der Waals surface area contributed by atoms with Crippen LogP contribution in [0.5, 0.6) is 0 Å². The summed E-state index contributed by atoms with van der Waals surface area (Å²) in [6.45, 7) is 1.77. The number of rotatable bonds is 4. The second kappa shape index (κ2) is 6.23. The fraction of sp³-hybridized carbons (Fsp3) is 0.0556. The zero-order chi connectivity index (χ0) is 18.1. The van der Waals surface area contributed by atoms with Gasteiger partial charge in [0, 0.05) is 17.5 Å². The van der Waals surface area contributed by atoms with Crippen LogP contribution in [0.1, 0.15) is 5.69 Å². The van der Waals surface area contributed by atoms with Gasteiger partial charge in [-0.3, -0.25) is 0 Å². The van der Waals surface area contributed by atoms with Crippen LogP contribution in [0.3, 0.4) is 0 Å². The van der Waals surface area contributed by atoms with Crippen molar-refractivity contribution in [1.29, 1.82) is 0 Å². The highest BCUT2D eigenvalue weighted by Crippen LogP contribution is 2.23. The highest BCUT2D eigenvalue weighted by molar-refractivity contribution is 7.92. The van der Waals surface area contributed by atoms with E-state index in [0.717, 1.165) is 5.56 Å². The van der Waals surface area contributed by atoms with Crippen LogP contribution in [0, 0.1) is 6.92 Å². The summed E-state index contributed by atoms with van der Waals surface area (Å²) in [5.74, 6) is 0.727. The molecule has 26 heavy (non-hydrogen) atoms. The Hall–Kier alpha value is -3.26. The van der Waals surface area contributed by atoms with E-state index < -0.39 is 10.0 Å². The molecule has 4 aromatic rings. The van der Waals surface area contributed by atoms with Crippen molar-refractivity contribution in [3.8, 4) is 11.4 Å². The van der Waals surface area contributed by atoms with Crippen LogP contribution in [0.2, 0.25) is 0 Å². The number of anilines is 1. The number of benzene rings is 2. The first-order chi connectivity index (χ1) is 12.5. The van der Waals surface area contributed by atoms with Gasteiger partial charge in [-0.05, 0) is 31.2 Å². The third kappa shape index (κ3) is 3.14. The van der Waals surface area contributed by atoms with Gasteiger partial charge in [0.25, 0.3) is 10.0 Å². The Morgan fingerprint density at radius 1 is 1.00 bits per heavy atom. The molecule has 2 N–H and O–H groups in total. The number of nitrogens with one attached hydrogen (secondary N) is 2. The molecule has 0 saturated heterocycles. The lowest BCUT2D eigenvalue weighted by Crippen LogP contribution is -2.15. The molecule has 2 aromatic carbocycles. The largest absolute Gasteiger partial charge is 0.338 e. The molecule has 4 rings (SSSR count). The van der Waals surface area contributed by atoms with Gasteiger partial charge in [0.1, 0.15) is 5.82 Å². The highest BCUT2D eigenvalue weighted by atomic mass is 32.2. The van der Waals surface area contributed by atoms with E-state index in [0.29, 0.717) is 22.6 Å². The Balaban J connectivity index is 1.70. The Bertz CT molecular complexity index is 1190. The number of nitrogens with zero attached hydrogens (tertiary/aromatic N) is 3. The maximum absolute atomic E-state index is 12.6. The molecule has 0 fully saturated rings. The van der Waals surface area contributed by atoms with Crippen molar-refractivity contribution < 1.29 is 8.42 Å². The minimum absolute atomic E-state index is 0.0414. The van der Waals surface area contributed by atoms with Crippen LogP contribution in [-0.4, -0.2) is 28.4 Å². The lowest BCUT2D eigenvalue weighted by molar-refractivity contribution is 0.601. The molecule has 0 aliphatic rings. The molecule has 8 heteroatoms. The molecule has 0 atom stereocenters. The average molecular weight is 365 g/mol. The second-order valence-electron chi connectivity index (χ2n) is 5.76. The van der Waals surface area contributed by atoms with Crippen molar-refractivity contribution in [2.24, 2.45) is 0 Å². The molecule has 0 bridgehead atoms. The Morgan fingerprint density at radius 3 is 2.58 bits per heavy atom. The zero-order valence-corrected chi connectivity index (χ0v) is 14.7. The van der Waals surface area contributed by atoms with E-state index in [9.17, 15) is 8.42 Å². The topological polar surface area (TPSA) is 101 Å². The van der Waals surface area contributed by atoms with E-state index in [1.165, 1.54) is 12.3 Å². The zero-order valence-electron chi connectivity index (χ0n) is 13.8. The molecule has 2 aromatic heterocycles. The van der Waals surface area contributed by atoms with Crippen LogP contribution in [0.15, 0.2) is 65.7 Å². The molecule has 2 heterocycles. The number of fused-ring (bicyclic) bond motifs is 1. The standard InChI is InChI=1S/C18H15N5O2S/c1-12-9-10-19-18(20-12)23-26(24,25)14-7-8-15-16(11-14)22-17(21-15)13-5-3-2-4-6-13/h2-11H,1H3,(H,21,22)(H,19,20,23). The predicted molar refractivity (Wildman–Crippen MR) is 99.1 cm³/mol. The van der Waals surface area contributed by atoms with Gasteiger partial charge in [0.2, 0.25) is 5.95 Å². The highest BCUT2D eigenvalue weighted by Gasteiger charge is 2.17. The number of hydrogen-bond acceptors (Lipinski definition) is 5. The molecule has 130 valence electrons. The van der Waals surface area contributed by atoms with Crippen molar-refractivity contribution in [1.82, 2.24) is 19.9 Å². The molecule has 0 unspecified atom stereocenters. The summed E-state index contributed by atoms with van der Waals surface area (Å²) < 4.78 is 27.6. The summed E-state index contributed by atoms with van der Waals surface area (Å²) in [6.07, 6.45) is 1.50. The normalized spacial score (nSPS) is 11.6. The molecular formula is C18H15N5O2S. The van der Waals surface area contributed by atoms with Gasteiger partial charge in [0.15, 0.2) is 0 Å². The van der Waals surface area contributed by atoms with E-state index >= 15 is 0 Å². The van der Waals surface area contributed by atoms with Gasteiger partial charge in [-0.1, -0.05) is 30.3 Å². The summed E-state index contributed by atoms with van der Waals surface area (Å²) in [5, 5.41) is 0. The maximum Gasteiger partial charge on any atom is 0.264 e. The predicted octanol–water partition coefficient (Wildman–Crippen LogP) is 3.13. The minimum Gasteiger partial charge on any atom is -0.338 e. The van der Waals surface area contributed by atoms with Crippen LogP contribution >= 0.6 is 0 Å². The molecular weight excluding hydrogens is 350 g/mol. The van der Waals surface area contributed by atoms with Gasteiger partial charge >= 0.3 is 0 Å². The summed E-state index contributed by atoms with van der Waals surface area (Å²) in [5.41, 5.74) is 2.93. The van der Waals surface area contributed by atoms with Crippen LogP contribution < -0.4 is 4.72 Å². The first-order valence-corrected chi connectivity index (χ1v) is 9.37. The van der Waals surface area contributed by atoms with Crippen LogP contribution in [0.25, 0.3) is 22.4 Å². The van der Waals surface area contributed by atoms with Crippen molar-refractivity contribution in [3.63, 3.8) is 0 Å². The Labute approximate surface area is 150 Å². The fourth-order valence-corrected chi connectivity index (χ4v) is 3.54. The summed E-state index contributed by atoms with van der Waals surface area (Å²) >= 11 is 0. The van der Waals surface area contributed by atoms with Gasteiger partial charge < -0.3 is 4.98 Å². The molecule has 0 spiro atoms. The Morgan fingerprint density at radius 2 is 1.81 bits per heavy atom. The van der Waals surface area contributed by atoms with Gasteiger partial charge in [0.05, 0.1) is 15.9 Å². The van der Waals surface area contributed by atoms with Gasteiger partial charge in [-0.25, -0.2) is 28.1 Å². The van der Waals surface area contributed by atoms with E-state index in [-0.39, 0.29) is 10.8 Å². The lowest BCUT2D eigenvalue weighted by Gasteiger charge is -2.06. The van der Waals surface area contributed by atoms with Crippen molar-refractivity contribution in [2.75, 3.05) is 4.72 Å². The van der Waals surface area contributed by atoms with E-state index in [4.69, 9.17) is 0 Å². The quantitative estimate of drug-likeness (QED) is 0.579. The number of aromatic amines is 1. The number of sulfonamides is 1. The molecule has 0 radical (unpaired) electrons. The average Bonchev–Trinajstić information content (AvgIpc) is 3.05. The maximum atomic E-state index is 12.6. The summed E-state index contributed by atoms with van der Waals surface area (Å²) in [6, 6.07) is 16.1. The fourth-order valence-electron chi connectivity index (χ4n) is 2.57. The van der Waals surface area contributed by atoms with Gasteiger partial charge in [-0.2, -0.15) is 0 Å². The van der Waals surface area contributed by atoms with E-state index in [1.54, 1.807) is 25.1 Å². The third-order valence-electron chi connectivity index (χ3n) is 3.83. The molecule has 0 saturated carbocycles. The van der Waals surface area contributed by atoms with Crippen LogP contribution in [-0.2, 0) is 10.0 Å². The minimum atomic E-state index is -3.80. The smallest absolute Gasteiger partial charge is 0.264 e. The third-order valence-corrected chi connectivity index (χ3v) is 5.16. The van der Waals surface area contributed by atoms with Gasteiger partial charge in [-0.15, -0.1) is 0 Å². The summed E-state index contributed by atoms with van der Waals surface area (Å²) in [4.78, 5) is 15.8. The first kappa shape index (κ1) is 16.2. The number of H-pyrrole nitrogens is 1. The first-order valence-electron chi connectivity index (χ1n) is 7.89. The van der Waals surface area contributed by atoms with Crippen molar-refractivity contribution >= 4 is 27.0 Å². The molecule has 0 aliphatic heterocycles. The monoisotopic (exact) mass is 365 g/mol. The number of imidazole rings is 1. The van der Waals surface area contributed by atoms with E-state index in [1.807, 2.05) is 30.3 Å². The van der Waals surface area contributed by atoms with Crippen LogP contribution in [0.4, 0.5) is 5.95 Å². The number of aromatic nitrogens is 4. The molecule has 7 nitrogen and oxygen atoms in total. The number of hydrogen-bond donors (Lipinski definition) is 2. The van der Waals surface area contributed by atoms with Crippen molar-refractivity contribution in [2.45, 2.75) is 11.8 Å². The number of aryl methyl sites for hydroxylation is 1. The van der Waals surface area contributed by atoms with E-state index in [2.05, 4.69) is 24.7 Å². The lowest BCUT2D eigenvalue weighted by atomic mass is 10.2. The second-order valence-corrected chi connectivity index (χ2v) is 7.44. The van der Waals surface area contributed by atoms with Crippen molar-refractivity contribution in [3.05, 3.63) is 66.5 Å².